The van der Waals surface area contributed by atoms with E-state index in [1.807, 2.05) is 0 Å². The van der Waals surface area contributed by atoms with Crippen LogP contribution < -0.4 is 10.9 Å². The lowest BCUT2D eigenvalue weighted by Gasteiger charge is -2.18. The molecular weight excluding hydrogens is 404 g/mol. The number of hydrogen-bond donors (Lipinski definition) is 1. The Morgan fingerprint density at radius 1 is 1.10 bits per heavy atom. The number of aryl methyl sites for hydroxylation is 1. The molecule has 1 N–H and O–H groups in total. The minimum Gasteiger partial charge on any atom is -0.339 e. The number of nitrogens with one attached hydrogen (secondary N) is 1. The van der Waals surface area contributed by atoms with Crippen molar-refractivity contribution in [3.05, 3.63) is 69.1 Å². The van der Waals surface area contributed by atoms with Gasteiger partial charge in [0.05, 0.1) is 16.6 Å². The third-order valence-corrected chi connectivity index (χ3v) is 5.47. The summed E-state index contributed by atoms with van der Waals surface area (Å²) in [7, 11) is 0. The molecule has 1 fully saturated rings. The summed E-state index contributed by atoms with van der Waals surface area (Å²) in [5.41, 5.74) is 0.579. The summed E-state index contributed by atoms with van der Waals surface area (Å²) in [4.78, 5) is 40.4. The predicted octanol–water partition coefficient (Wildman–Crippen LogP) is 3.56. The van der Waals surface area contributed by atoms with Crippen molar-refractivity contribution in [2.45, 2.75) is 26.3 Å². The molecule has 0 unspecified atom stereocenters. The summed E-state index contributed by atoms with van der Waals surface area (Å²) in [5.74, 6) is -0.659. The van der Waals surface area contributed by atoms with Crippen molar-refractivity contribution >= 4 is 39.9 Å². The second-order valence-corrected chi connectivity index (χ2v) is 7.59. The fourth-order valence-electron chi connectivity index (χ4n) is 3.69. The highest BCUT2D eigenvalue weighted by atomic mass is 35.5. The average Bonchev–Trinajstić information content (AvgIpc) is 3.30. The standard InChI is InChI=1S/C22H21ClN4O3/c1-2-27-22(30)16-8-4-3-7-15(16)19(25-27)20(28)24-18-10-9-14(23)13-17(18)21(29)26-11-5-6-12-26/h3-4,7-10,13H,2,5-6,11-12H2,1H3,(H,24,28). The summed E-state index contributed by atoms with van der Waals surface area (Å²) in [6, 6.07) is 11.7. The van der Waals surface area contributed by atoms with Gasteiger partial charge in [0.15, 0.2) is 5.69 Å². The van der Waals surface area contributed by atoms with E-state index < -0.39 is 5.91 Å². The molecule has 8 heteroatoms. The van der Waals surface area contributed by atoms with Crippen LogP contribution >= 0.6 is 11.6 Å². The van der Waals surface area contributed by atoms with Gasteiger partial charge < -0.3 is 10.2 Å². The smallest absolute Gasteiger partial charge is 0.276 e. The van der Waals surface area contributed by atoms with Crippen molar-refractivity contribution in [2.75, 3.05) is 18.4 Å². The van der Waals surface area contributed by atoms with E-state index in [-0.39, 0.29) is 17.2 Å². The van der Waals surface area contributed by atoms with Crippen LogP contribution in [-0.4, -0.2) is 39.6 Å². The van der Waals surface area contributed by atoms with Gasteiger partial charge in [0, 0.05) is 30.0 Å². The normalized spacial score (nSPS) is 13.6. The van der Waals surface area contributed by atoms with Crippen LogP contribution in [0.4, 0.5) is 5.69 Å². The number of hydrogen-bond acceptors (Lipinski definition) is 4. The molecular formula is C22H21ClN4O3. The van der Waals surface area contributed by atoms with E-state index >= 15 is 0 Å². The Balaban J connectivity index is 1.74. The van der Waals surface area contributed by atoms with Crippen molar-refractivity contribution < 1.29 is 9.59 Å². The van der Waals surface area contributed by atoms with Gasteiger partial charge in [-0.1, -0.05) is 29.8 Å². The molecule has 7 nitrogen and oxygen atoms in total. The number of halogens is 1. The number of anilines is 1. The van der Waals surface area contributed by atoms with E-state index in [9.17, 15) is 14.4 Å². The van der Waals surface area contributed by atoms with E-state index in [0.29, 0.717) is 46.7 Å². The SMILES string of the molecule is CCn1nc(C(=O)Nc2ccc(Cl)cc2C(=O)N2CCCC2)c2ccccc2c1=O. The monoisotopic (exact) mass is 424 g/mol. The summed E-state index contributed by atoms with van der Waals surface area (Å²) in [6.07, 6.45) is 1.92. The first-order valence-electron chi connectivity index (χ1n) is 9.89. The van der Waals surface area contributed by atoms with Crippen molar-refractivity contribution in [1.29, 1.82) is 0 Å². The lowest BCUT2D eigenvalue weighted by Crippen LogP contribution is -2.30. The molecule has 2 amide bonds. The quantitative estimate of drug-likeness (QED) is 0.694. The van der Waals surface area contributed by atoms with Crippen molar-refractivity contribution in [3.8, 4) is 0 Å². The van der Waals surface area contributed by atoms with Gasteiger partial charge in [0.25, 0.3) is 17.4 Å². The molecule has 0 radical (unpaired) electrons. The number of rotatable bonds is 4. The highest BCUT2D eigenvalue weighted by Gasteiger charge is 2.24. The van der Waals surface area contributed by atoms with Crippen molar-refractivity contribution in [2.24, 2.45) is 0 Å². The van der Waals surface area contributed by atoms with Gasteiger partial charge in [0.1, 0.15) is 0 Å². The minimum absolute atomic E-state index is 0.126. The van der Waals surface area contributed by atoms with Gasteiger partial charge in [-0.2, -0.15) is 5.10 Å². The van der Waals surface area contributed by atoms with E-state index in [1.165, 1.54) is 4.68 Å². The first-order valence-corrected chi connectivity index (χ1v) is 10.3. The topological polar surface area (TPSA) is 84.3 Å². The zero-order valence-electron chi connectivity index (χ0n) is 16.5. The molecule has 0 aliphatic carbocycles. The lowest BCUT2D eigenvalue weighted by molar-refractivity contribution is 0.0794. The number of carbonyl (C=O) groups is 2. The zero-order valence-corrected chi connectivity index (χ0v) is 17.3. The summed E-state index contributed by atoms with van der Waals surface area (Å²) in [6.45, 7) is 3.50. The Hall–Kier alpha value is -3.19. The fourth-order valence-corrected chi connectivity index (χ4v) is 3.86. The molecule has 1 aliphatic rings. The number of benzene rings is 2. The van der Waals surface area contributed by atoms with Gasteiger partial charge in [-0.15, -0.1) is 0 Å². The van der Waals surface area contributed by atoms with Crippen LogP contribution in [0.25, 0.3) is 10.8 Å². The highest BCUT2D eigenvalue weighted by molar-refractivity contribution is 6.31. The molecule has 2 aromatic carbocycles. The molecule has 0 atom stereocenters. The third-order valence-electron chi connectivity index (χ3n) is 5.24. The van der Waals surface area contributed by atoms with Crippen LogP contribution in [-0.2, 0) is 6.54 Å². The zero-order chi connectivity index (χ0) is 21.3. The third kappa shape index (κ3) is 3.68. The molecule has 0 spiro atoms. The van der Waals surface area contributed by atoms with Crippen molar-refractivity contribution in [3.63, 3.8) is 0 Å². The number of likely N-dealkylation sites (tertiary alicyclic amines) is 1. The second kappa shape index (κ2) is 8.28. The van der Waals surface area contributed by atoms with E-state index in [0.717, 1.165) is 12.8 Å². The molecule has 0 bridgehead atoms. The molecule has 3 aromatic rings. The predicted molar refractivity (Wildman–Crippen MR) is 116 cm³/mol. The second-order valence-electron chi connectivity index (χ2n) is 7.16. The maximum atomic E-state index is 13.1. The summed E-state index contributed by atoms with van der Waals surface area (Å²) in [5, 5.41) is 8.35. The Morgan fingerprint density at radius 2 is 1.80 bits per heavy atom. The average molecular weight is 425 g/mol. The van der Waals surface area contributed by atoms with Gasteiger partial charge in [-0.25, -0.2) is 4.68 Å². The molecule has 1 aromatic heterocycles. The number of fused-ring (bicyclic) bond motifs is 1. The lowest BCUT2D eigenvalue weighted by atomic mass is 10.1. The van der Waals surface area contributed by atoms with Gasteiger partial charge in [-0.05, 0) is 44.0 Å². The molecule has 154 valence electrons. The fraction of sp³-hybridized carbons (Fsp3) is 0.273. The van der Waals surface area contributed by atoms with Gasteiger partial charge in [-0.3, -0.25) is 14.4 Å². The summed E-state index contributed by atoms with van der Waals surface area (Å²) < 4.78 is 1.26. The Kier molecular flexibility index (Phi) is 5.55. The van der Waals surface area contributed by atoms with Crippen molar-refractivity contribution in [1.82, 2.24) is 14.7 Å². The Labute approximate surface area is 178 Å². The number of aromatic nitrogens is 2. The van der Waals surface area contributed by atoms with E-state index in [4.69, 9.17) is 11.6 Å². The summed E-state index contributed by atoms with van der Waals surface area (Å²) >= 11 is 6.12. The first-order chi connectivity index (χ1) is 14.5. The highest BCUT2D eigenvalue weighted by Crippen LogP contribution is 2.25. The molecule has 2 heterocycles. The number of nitrogens with zero attached hydrogens (tertiary/aromatic N) is 3. The molecule has 1 aliphatic heterocycles. The molecule has 0 saturated carbocycles. The van der Waals surface area contributed by atoms with Crippen LogP contribution in [0, 0.1) is 0 Å². The Morgan fingerprint density at radius 3 is 2.50 bits per heavy atom. The van der Waals surface area contributed by atoms with Crippen LogP contribution in [0.15, 0.2) is 47.3 Å². The van der Waals surface area contributed by atoms with Crippen LogP contribution in [0.3, 0.4) is 0 Å². The van der Waals surface area contributed by atoms with E-state index in [1.54, 1.807) is 54.3 Å². The number of carbonyl (C=O) groups excluding carboxylic acids is 2. The molecule has 4 rings (SSSR count). The number of amides is 2. The first kappa shape index (κ1) is 20.1. The van der Waals surface area contributed by atoms with Crippen LogP contribution in [0.2, 0.25) is 5.02 Å². The van der Waals surface area contributed by atoms with Crippen LogP contribution in [0.5, 0.6) is 0 Å². The minimum atomic E-state index is -0.494. The largest absolute Gasteiger partial charge is 0.339 e. The van der Waals surface area contributed by atoms with Crippen LogP contribution in [0.1, 0.15) is 40.6 Å². The molecule has 30 heavy (non-hydrogen) atoms. The van der Waals surface area contributed by atoms with E-state index in [2.05, 4.69) is 10.4 Å². The maximum absolute atomic E-state index is 13.1. The van der Waals surface area contributed by atoms with Gasteiger partial charge in [0.2, 0.25) is 0 Å². The Bertz CT molecular complexity index is 1200. The molecule has 1 saturated heterocycles. The maximum Gasteiger partial charge on any atom is 0.276 e. The van der Waals surface area contributed by atoms with Gasteiger partial charge >= 0.3 is 0 Å².